The van der Waals surface area contributed by atoms with Gasteiger partial charge in [0, 0.05) is 12.1 Å². The quantitative estimate of drug-likeness (QED) is 0.223. The first-order valence-corrected chi connectivity index (χ1v) is 9.72. The Hall–Kier alpha value is -2.41. The topological polar surface area (TPSA) is 105 Å². The molecule has 7 nitrogen and oxygen atoms in total. The van der Waals surface area contributed by atoms with Crippen molar-refractivity contribution in [3.63, 3.8) is 0 Å². The molecule has 0 radical (unpaired) electrons. The molecule has 0 aliphatic heterocycles. The lowest BCUT2D eigenvalue weighted by molar-refractivity contribution is -0.384. The molecule has 0 unspecified atom stereocenters. The zero-order valence-electron chi connectivity index (χ0n) is 14.3. The van der Waals surface area contributed by atoms with Crippen molar-refractivity contribution in [2.75, 3.05) is 11.9 Å². The van der Waals surface area contributed by atoms with Crippen LogP contribution in [0, 0.1) is 21.4 Å². The van der Waals surface area contributed by atoms with Crippen LogP contribution in [-0.4, -0.2) is 17.4 Å². The SMILES string of the molecule is CCOc1c(Br)cc(C=C(C#N)C(=O)Nc2ccc([N+](=O)[O-])cc2Cl)cc1Br. The Balaban J connectivity index is 2.29. The van der Waals surface area contributed by atoms with E-state index in [1.165, 1.54) is 18.2 Å². The summed E-state index contributed by atoms with van der Waals surface area (Å²) in [4.78, 5) is 22.6. The maximum Gasteiger partial charge on any atom is 0.271 e. The molecule has 0 aliphatic rings. The fourth-order valence-corrected chi connectivity index (χ4v) is 3.84. The summed E-state index contributed by atoms with van der Waals surface area (Å²) in [6.07, 6.45) is 1.40. The van der Waals surface area contributed by atoms with Crippen LogP contribution in [0.25, 0.3) is 6.08 Å². The van der Waals surface area contributed by atoms with Gasteiger partial charge in [-0.15, -0.1) is 0 Å². The van der Waals surface area contributed by atoms with Crippen LogP contribution in [0.4, 0.5) is 11.4 Å². The van der Waals surface area contributed by atoms with Crippen LogP contribution in [0.15, 0.2) is 44.9 Å². The maximum absolute atomic E-state index is 12.4. The average molecular weight is 530 g/mol. The van der Waals surface area contributed by atoms with E-state index >= 15 is 0 Å². The van der Waals surface area contributed by atoms with Crippen molar-refractivity contribution in [3.05, 3.63) is 65.6 Å². The molecule has 0 bridgehead atoms. The number of ether oxygens (including phenoxy) is 1. The lowest BCUT2D eigenvalue weighted by atomic mass is 10.1. The Bertz CT molecular complexity index is 995. The van der Waals surface area contributed by atoms with Crippen molar-refractivity contribution in [3.8, 4) is 11.8 Å². The number of anilines is 1. The van der Waals surface area contributed by atoms with Gasteiger partial charge in [-0.25, -0.2) is 0 Å². The molecule has 2 rings (SSSR count). The summed E-state index contributed by atoms with van der Waals surface area (Å²) in [6.45, 7) is 2.34. The number of halogens is 3. The van der Waals surface area contributed by atoms with E-state index in [-0.39, 0.29) is 22.0 Å². The molecule has 10 heteroatoms. The number of carbonyl (C=O) groups is 1. The van der Waals surface area contributed by atoms with Crippen LogP contribution in [0.3, 0.4) is 0 Å². The molecule has 0 aromatic heterocycles. The van der Waals surface area contributed by atoms with E-state index < -0.39 is 10.8 Å². The Labute approximate surface area is 182 Å². The van der Waals surface area contributed by atoms with E-state index in [0.29, 0.717) is 26.9 Å². The van der Waals surface area contributed by atoms with Gasteiger partial charge < -0.3 is 10.1 Å². The van der Waals surface area contributed by atoms with Crippen LogP contribution in [-0.2, 0) is 4.79 Å². The van der Waals surface area contributed by atoms with Gasteiger partial charge in [-0.05, 0) is 68.6 Å². The fraction of sp³-hybridized carbons (Fsp3) is 0.111. The second-order valence-electron chi connectivity index (χ2n) is 5.29. The van der Waals surface area contributed by atoms with Crippen LogP contribution in [0.5, 0.6) is 5.75 Å². The lowest BCUT2D eigenvalue weighted by Gasteiger charge is -2.10. The van der Waals surface area contributed by atoms with E-state index in [4.69, 9.17) is 16.3 Å². The number of carbonyl (C=O) groups excluding carboxylic acids is 1. The number of hydrogen-bond donors (Lipinski definition) is 1. The summed E-state index contributed by atoms with van der Waals surface area (Å²) in [5.41, 5.74) is 0.372. The van der Waals surface area contributed by atoms with Crippen molar-refractivity contribution in [1.82, 2.24) is 0 Å². The number of nitrogens with one attached hydrogen (secondary N) is 1. The second-order valence-corrected chi connectivity index (χ2v) is 7.41. The van der Waals surface area contributed by atoms with Crippen LogP contribution in [0.1, 0.15) is 12.5 Å². The molecule has 1 amide bonds. The zero-order chi connectivity index (χ0) is 20.8. The van der Waals surface area contributed by atoms with Crippen LogP contribution in [0.2, 0.25) is 5.02 Å². The maximum atomic E-state index is 12.4. The fourth-order valence-electron chi connectivity index (χ4n) is 2.17. The number of nitrogens with zero attached hydrogens (tertiary/aromatic N) is 2. The normalized spacial score (nSPS) is 10.9. The minimum Gasteiger partial charge on any atom is -0.492 e. The van der Waals surface area contributed by atoms with Crippen molar-refractivity contribution in [1.29, 1.82) is 5.26 Å². The van der Waals surface area contributed by atoms with Gasteiger partial charge in [-0.3, -0.25) is 14.9 Å². The van der Waals surface area contributed by atoms with Gasteiger partial charge in [0.05, 0.1) is 31.2 Å². The number of nitro benzene ring substituents is 1. The summed E-state index contributed by atoms with van der Waals surface area (Å²) in [5, 5.41) is 22.6. The first-order chi connectivity index (χ1) is 13.3. The smallest absolute Gasteiger partial charge is 0.271 e. The molecule has 0 saturated heterocycles. The van der Waals surface area contributed by atoms with Crippen molar-refractivity contribution < 1.29 is 14.5 Å². The molecule has 2 aromatic rings. The molecule has 0 saturated carbocycles. The van der Waals surface area contributed by atoms with E-state index in [1.54, 1.807) is 12.1 Å². The molecule has 0 atom stereocenters. The molecule has 0 spiro atoms. The minimum absolute atomic E-state index is 0.00797. The summed E-state index contributed by atoms with van der Waals surface area (Å²) < 4.78 is 6.82. The number of nitriles is 1. The predicted octanol–water partition coefficient (Wildman–Crippen LogP) is 5.72. The summed E-state index contributed by atoms with van der Waals surface area (Å²) >= 11 is 12.7. The van der Waals surface area contributed by atoms with Crippen LogP contribution >= 0.6 is 43.5 Å². The molecule has 144 valence electrons. The van der Waals surface area contributed by atoms with Gasteiger partial charge in [0.1, 0.15) is 17.4 Å². The number of benzene rings is 2. The monoisotopic (exact) mass is 527 g/mol. The number of non-ortho nitro benzene ring substituents is 1. The van der Waals surface area contributed by atoms with E-state index in [1.807, 2.05) is 13.0 Å². The Kier molecular flexibility index (Phi) is 7.57. The Morgan fingerprint density at radius 1 is 1.36 bits per heavy atom. The third-order valence-electron chi connectivity index (χ3n) is 3.40. The van der Waals surface area contributed by atoms with Gasteiger partial charge in [-0.1, -0.05) is 11.6 Å². The van der Waals surface area contributed by atoms with E-state index in [2.05, 4.69) is 37.2 Å². The third kappa shape index (κ3) is 5.32. The highest BCUT2D eigenvalue weighted by molar-refractivity contribution is 9.11. The van der Waals surface area contributed by atoms with E-state index in [9.17, 15) is 20.2 Å². The van der Waals surface area contributed by atoms with Crippen molar-refractivity contribution in [2.24, 2.45) is 0 Å². The zero-order valence-corrected chi connectivity index (χ0v) is 18.3. The van der Waals surface area contributed by atoms with E-state index in [0.717, 1.165) is 6.07 Å². The summed E-state index contributed by atoms with van der Waals surface area (Å²) in [5.74, 6) is -0.0837. The lowest BCUT2D eigenvalue weighted by Crippen LogP contribution is -2.13. The third-order valence-corrected chi connectivity index (χ3v) is 4.89. The predicted molar refractivity (Wildman–Crippen MR) is 113 cm³/mol. The first-order valence-electron chi connectivity index (χ1n) is 7.75. The average Bonchev–Trinajstić information content (AvgIpc) is 2.64. The summed E-state index contributed by atoms with van der Waals surface area (Å²) in [7, 11) is 0. The van der Waals surface area contributed by atoms with Crippen molar-refractivity contribution >= 4 is 66.8 Å². The number of hydrogen-bond acceptors (Lipinski definition) is 5. The standard InChI is InChI=1S/C18H12Br2ClN3O4/c1-2-28-17-13(19)6-10(7-14(17)20)5-11(9-22)18(25)23-16-4-3-12(24(26)27)8-15(16)21/h3-8H,2H2,1H3,(H,23,25). The van der Waals surface area contributed by atoms with Gasteiger partial charge in [-0.2, -0.15) is 5.26 Å². The first kappa shape index (κ1) is 21.9. The molecule has 28 heavy (non-hydrogen) atoms. The van der Waals surface area contributed by atoms with Gasteiger partial charge >= 0.3 is 0 Å². The highest BCUT2D eigenvalue weighted by atomic mass is 79.9. The molecule has 0 heterocycles. The molecule has 2 aromatic carbocycles. The minimum atomic E-state index is -0.695. The number of nitro groups is 1. The van der Waals surface area contributed by atoms with Crippen molar-refractivity contribution in [2.45, 2.75) is 6.92 Å². The van der Waals surface area contributed by atoms with Gasteiger partial charge in [0.25, 0.3) is 11.6 Å². The highest BCUT2D eigenvalue weighted by Crippen LogP contribution is 2.35. The second kappa shape index (κ2) is 9.68. The molecular weight excluding hydrogens is 517 g/mol. The van der Waals surface area contributed by atoms with Gasteiger partial charge in [0.15, 0.2) is 0 Å². The highest BCUT2D eigenvalue weighted by Gasteiger charge is 2.15. The largest absolute Gasteiger partial charge is 0.492 e. The van der Waals surface area contributed by atoms with Crippen LogP contribution < -0.4 is 10.1 Å². The number of rotatable bonds is 6. The molecule has 0 fully saturated rings. The molecule has 0 aliphatic carbocycles. The van der Waals surface area contributed by atoms with Gasteiger partial charge in [0.2, 0.25) is 0 Å². The Morgan fingerprint density at radius 2 is 2.00 bits per heavy atom. The number of amides is 1. The summed E-state index contributed by atoms with van der Waals surface area (Å²) in [6, 6.07) is 8.88. The molecular formula is C18H12Br2ClN3O4. The Morgan fingerprint density at radius 3 is 2.50 bits per heavy atom. The molecule has 1 N–H and O–H groups in total.